The van der Waals surface area contributed by atoms with E-state index in [1.165, 1.54) is 154 Å². The van der Waals surface area contributed by atoms with Crippen LogP contribution in [0.3, 0.4) is 0 Å². The largest absolute Gasteiger partial charge is 0.317 e. The van der Waals surface area contributed by atoms with Gasteiger partial charge in [-0.25, -0.2) is 0 Å². The number of allylic oxidation sites excluding steroid dienone is 2. The summed E-state index contributed by atoms with van der Waals surface area (Å²) in [6.07, 6.45) is 33.5. The van der Waals surface area contributed by atoms with Gasteiger partial charge < -0.3 is 10.6 Å². The molecule has 0 aliphatic heterocycles. The maximum absolute atomic E-state index is 4.04. The third-order valence-corrected chi connectivity index (χ3v) is 12.6. The van der Waals surface area contributed by atoms with Gasteiger partial charge in [0.25, 0.3) is 0 Å². The molecule has 2 heteroatoms. The van der Waals surface area contributed by atoms with Gasteiger partial charge in [-0.15, -0.1) is 0 Å². The Balaban J connectivity index is 4.07. The fourth-order valence-electron chi connectivity index (χ4n) is 7.08. The first-order chi connectivity index (χ1) is 22.5. The Hall–Kier alpha value is -0.340. The van der Waals surface area contributed by atoms with E-state index in [4.69, 9.17) is 0 Å². The number of rotatable bonds is 34. The number of nitrogens with one attached hydrogen (secondary N) is 2. The van der Waals surface area contributed by atoms with Gasteiger partial charge in [-0.2, -0.15) is 0 Å². The minimum absolute atomic E-state index is 0.426. The summed E-state index contributed by atoms with van der Waals surface area (Å²) in [5.74, 6) is 4.98. The van der Waals surface area contributed by atoms with E-state index in [2.05, 4.69) is 98.9 Å². The summed E-state index contributed by atoms with van der Waals surface area (Å²) in [5, 5.41) is 7.87. The van der Waals surface area contributed by atoms with E-state index in [1.807, 2.05) is 0 Å². The van der Waals surface area contributed by atoms with E-state index in [-0.39, 0.29) is 0 Å². The van der Waals surface area contributed by atoms with Crippen molar-refractivity contribution in [3.8, 4) is 0 Å². The number of hydrogen-bond donors (Lipinski definition) is 2. The maximum Gasteiger partial charge on any atom is 0.00926 e. The molecule has 0 bridgehead atoms. The summed E-state index contributed by atoms with van der Waals surface area (Å²) < 4.78 is 0. The Morgan fingerprint density at radius 3 is 1.72 bits per heavy atom. The monoisotopic (exact) mass is 661 g/mol. The summed E-state index contributed by atoms with van der Waals surface area (Å²) >= 11 is 0. The molecule has 0 aromatic rings. The van der Waals surface area contributed by atoms with Gasteiger partial charge in [0, 0.05) is 6.04 Å². The van der Waals surface area contributed by atoms with Crippen LogP contribution < -0.4 is 10.6 Å². The van der Waals surface area contributed by atoms with Gasteiger partial charge in [-0.1, -0.05) is 159 Å². The van der Waals surface area contributed by atoms with Crippen LogP contribution in [0.2, 0.25) is 0 Å². The molecule has 0 heterocycles. The minimum Gasteiger partial charge on any atom is -0.317 e. The zero-order chi connectivity index (χ0) is 35.3. The van der Waals surface area contributed by atoms with Gasteiger partial charge in [0.2, 0.25) is 0 Å². The molecule has 0 aliphatic rings. The molecule has 2 nitrogen and oxygen atoms in total. The van der Waals surface area contributed by atoms with Crippen molar-refractivity contribution in [2.45, 2.75) is 217 Å². The van der Waals surface area contributed by atoms with Crippen LogP contribution in [0.1, 0.15) is 211 Å². The Labute approximate surface area is 299 Å². The number of unbranched alkanes of at least 4 members (excludes halogenated alkanes) is 10. The lowest BCUT2D eigenvalue weighted by Crippen LogP contribution is -2.38. The molecule has 0 aromatic heterocycles. The molecule has 282 valence electrons. The normalized spacial score (nSPS) is 16.5. The van der Waals surface area contributed by atoms with Crippen LogP contribution in [0.25, 0.3) is 0 Å². The second kappa shape index (κ2) is 30.5. The molecule has 0 saturated heterocycles. The van der Waals surface area contributed by atoms with Crippen LogP contribution in [-0.2, 0) is 0 Å². The van der Waals surface area contributed by atoms with Crippen molar-refractivity contribution >= 4 is 0 Å². The Morgan fingerprint density at radius 1 is 0.553 bits per heavy atom. The number of hydrogen-bond acceptors (Lipinski definition) is 2. The lowest BCUT2D eigenvalue weighted by Gasteiger charge is -2.33. The van der Waals surface area contributed by atoms with Crippen molar-refractivity contribution in [1.82, 2.24) is 10.6 Å². The smallest absolute Gasteiger partial charge is 0.00926 e. The predicted molar refractivity (Wildman–Crippen MR) is 217 cm³/mol. The van der Waals surface area contributed by atoms with Gasteiger partial charge >= 0.3 is 0 Å². The highest BCUT2D eigenvalue weighted by atomic mass is 14.9. The zero-order valence-electron chi connectivity index (χ0n) is 34.7. The third kappa shape index (κ3) is 26.2. The quantitative estimate of drug-likeness (QED) is 0.0530. The highest BCUT2D eigenvalue weighted by molar-refractivity contribution is 4.82. The van der Waals surface area contributed by atoms with Crippen LogP contribution in [0, 0.1) is 40.9 Å². The molecular weight excluding hydrogens is 569 g/mol. The molecule has 6 atom stereocenters. The van der Waals surface area contributed by atoms with E-state index in [0.717, 1.165) is 35.5 Å². The lowest BCUT2D eigenvalue weighted by molar-refractivity contribution is 0.195. The zero-order valence-corrected chi connectivity index (χ0v) is 34.7. The topological polar surface area (TPSA) is 24.1 Å². The van der Waals surface area contributed by atoms with E-state index < -0.39 is 0 Å². The second-order valence-electron chi connectivity index (χ2n) is 17.3. The molecule has 0 amide bonds. The molecular formula is C45H92N2. The van der Waals surface area contributed by atoms with Crippen LogP contribution in [0.15, 0.2) is 12.2 Å². The van der Waals surface area contributed by atoms with Gasteiger partial charge in [-0.3, -0.25) is 0 Å². The molecule has 0 spiro atoms. The third-order valence-electron chi connectivity index (χ3n) is 12.6. The fourth-order valence-corrected chi connectivity index (χ4v) is 7.08. The highest BCUT2D eigenvalue weighted by Crippen LogP contribution is 2.32. The summed E-state index contributed by atoms with van der Waals surface area (Å²) in [5.41, 5.74) is 0.426. The SMILES string of the molecule is CCC(C)CC(CCNCCCCCCCCCC=CCCCCCC(C)C(C)C)CCC(NCCC(C)(C)C(C)CC)C(C)CC. The lowest BCUT2D eigenvalue weighted by atomic mass is 9.76. The molecule has 6 unspecified atom stereocenters. The predicted octanol–water partition coefficient (Wildman–Crippen LogP) is 14.2. The first-order valence-electron chi connectivity index (χ1n) is 21.6. The first-order valence-corrected chi connectivity index (χ1v) is 21.6. The van der Waals surface area contributed by atoms with Crippen LogP contribution in [0.4, 0.5) is 0 Å². The van der Waals surface area contributed by atoms with E-state index in [9.17, 15) is 0 Å². The highest BCUT2D eigenvalue weighted by Gasteiger charge is 2.25. The van der Waals surface area contributed by atoms with Gasteiger partial charge in [0.05, 0.1) is 0 Å². The Bertz CT molecular complexity index is 681. The Morgan fingerprint density at radius 2 is 1.15 bits per heavy atom. The summed E-state index contributed by atoms with van der Waals surface area (Å²) in [7, 11) is 0. The van der Waals surface area contributed by atoms with Crippen molar-refractivity contribution in [1.29, 1.82) is 0 Å². The molecule has 0 rings (SSSR count). The van der Waals surface area contributed by atoms with Crippen LogP contribution in [0.5, 0.6) is 0 Å². The molecule has 0 aromatic carbocycles. The molecule has 0 saturated carbocycles. The molecule has 2 N–H and O–H groups in total. The second-order valence-corrected chi connectivity index (χ2v) is 17.3. The molecule has 0 aliphatic carbocycles. The Kier molecular flexibility index (Phi) is 30.3. The average molecular weight is 661 g/mol. The van der Waals surface area contributed by atoms with Crippen LogP contribution >= 0.6 is 0 Å². The van der Waals surface area contributed by atoms with Crippen molar-refractivity contribution in [3.63, 3.8) is 0 Å². The summed E-state index contributed by atoms with van der Waals surface area (Å²) in [6.45, 7) is 30.1. The average Bonchev–Trinajstić information content (AvgIpc) is 3.05. The van der Waals surface area contributed by atoms with Gasteiger partial charge in [0.1, 0.15) is 0 Å². The van der Waals surface area contributed by atoms with Crippen molar-refractivity contribution in [2.24, 2.45) is 40.9 Å². The summed E-state index contributed by atoms with van der Waals surface area (Å²) in [6, 6.07) is 0.667. The molecule has 47 heavy (non-hydrogen) atoms. The van der Waals surface area contributed by atoms with E-state index in [0.29, 0.717) is 11.5 Å². The minimum atomic E-state index is 0.426. The van der Waals surface area contributed by atoms with Crippen molar-refractivity contribution in [3.05, 3.63) is 12.2 Å². The fraction of sp³-hybridized carbons (Fsp3) is 0.956. The van der Waals surface area contributed by atoms with E-state index >= 15 is 0 Å². The van der Waals surface area contributed by atoms with Crippen LogP contribution in [-0.4, -0.2) is 25.7 Å². The summed E-state index contributed by atoms with van der Waals surface area (Å²) in [4.78, 5) is 0. The van der Waals surface area contributed by atoms with Crippen molar-refractivity contribution < 1.29 is 0 Å². The first kappa shape index (κ1) is 46.7. The van der Waals surface area contributed by atoms with Crippen molar-refractivity contribution in [2.75, 3.05) is 19.6 Å². The van der Waals surface area contributed by atoms with Gasteiger partial charge in [-0.05, 0) is 125 Å². The maximum atomic E-state index is 4.04. The molecule has 0 fully saturated rings. The standard InChI is InChI=1S/C45H92N2/c1-12-39(6)37-43(30-31-44(40(7)13-2)47-36-33-45(10,11)42(9)14-3)32-35-46-34-28-26-24-22-20-18-16-15-17-19-21-23-25-27-29-41(8)38(4)5/h17,19,38-44,46-47H,12-16,18,20-37H2,1-11H3. The van der Waals surface area contributed by atoms with Gasteiger partial charge in [0.15, 0.2) is 0 Å². The molecule has 0 radical (unpaired) electrons. The van der Waals surface area contributed by atoms with E-state index in [1.54, 1.807) is 0 Å².